The molecule has 2 N–H and O–H groups in total. The highest BCUT2D eigenvalue weighted by Gasteiger charge is 2.23. The van der Waals surface area contributed by atoms with Crippen LogP contribution >= 0.6 is 0 Å². The Morgan fingerprint density at radius 2 is 1.56 bits per heavy atom. The van der Waals surface area contributed by atoms with Gasteiger partial charge in [0, 0.05) is 6.42 Å². The van der Waals surface area contributed by atoms with Gasteiger partial charge in [-0.1, -0.05) is 73.4 Å². The number of rotatable bonds is 7. The van der Waals surface area contributed by atoms with Crippen LogP contribution in [0.25, 0.3) is 0 Å². The number of amides is 2. The van der Waals surface area contributed by atoms with E-state index in [9.17, 15) is 9.59 Å². The van der Waals surface area contributed by atoms with Crippen LogP contribution in [0.1, 0.15) is 85.3 Å². The molecule has 0 unspecified atom stereocenters. The summed E-state index contributed by atoms with van der Waals surface area (Å²) in [5.41, 5.74) is 7.06. The first-order chi connectivity index (χ1) is 12.4. The number of hydrogen-bond acceptors (Lipinski definition) is 3. The summed E-state index contributed by atoms with van der Waals surface area (Å²) in [6, 6.07) is 6.12. The number of hydrazine groups is 1. The summed E-state index contributed by atoms with van der Waals surface area (Å²) < 4.78 is 5.76. The molecule has 0 aliphatic carbocycles. The van der Waals surface area contributed by atoms with E-state index in [1.54, 1.807) is 0 Å². The smallest absolute Gasteiger partial charge is 0.276 e. The number of carbonyl (C=O) groups excluding carboxylic acids is 2. The largest absolute Gasteiger partial charge is 0.483 e. The van der Waals surface area contributed by atoms with Gasteiger partial charge in [0.05, 0.1) is 0 Å². The molecule has 0 radical (unpaired) electrons. The maximum absolute atomic E-state index is 12.0. The van der Waals surface area contributed by atoms with Gasteiger partial charge in [-0.3, -0.25) is 20.4 Å². The Kier molecular flexibility index (Phi) is 8.32. The Labute approximate surface area is 164 Å². The zero-order valence-electron chi connectivity index (χ0n) is 18.0. The van der Waals surface area contributed by atoms with Crippen molar-refractivity contribution < 1.29 is 14.3 Å². The van der Waals surface area contributed by atoms with E-state index in [4.69, 9.17) is 4.74 Å². The lowest BCUT2D eigenvalue weighted by molar-refractivity contribution is -0.130. The van der Waals surface area contributed by atoms with Gasteiger partial charge in [0.15, 0.2) is 6.61 Å². The molecule has 1 aromatic rings. The van der Waals surface area contributed by atoms with E-state index in [-0.39, 0.29) is 29.3 Å². The van der Waals surface area contributed by atoms with Crippen molar-refractivity contribution >= 4 is 11.8 Å². The summed E-state index contributed by atoms with van der Waals surface area (Å²) in [6.45, 7) is 14.8. The van der Waals surface area contributed by atoms with E-state index in [1.165, 1.54) is 5.56 Å². The van der Waals surface area contributed by atoms with Gasteiger partial charge in [-0.05, 0) is 34.4 Å². The van der Waals surface area contributed by atoms with Crippen molar-refractivity contribution in [3.63, 3.8) is 0 Å². The fraction of sp³-hybridized carbons (Fsp3) is 0.636. The summed E-state index contributed by atoms with van der Waals surface area (Å²) in [7, 11) is 0. The highest BCUT2D eigenvalue weighted by Crippen LogP contribution is 2.35. The van der Waals surface area contributed by atoms with Gasteiger partial charge in [0.1, 0.15) is 5.75 Å². The van der Waals surface area contributed by atoms with E-state index < -0.39 is 0 Å². The zero-order chi connectivity index (χ0) is 20.7. The highest BCUT2D eigenvalue weighted by molar-refractivity contribution is 5.82. The van der Waals surface area contributed by atoms with Gasteiger partial charge < -0.3 is 4.74 Å². The maximum atomic E-state index is 12.0. The first-order valence-corrected chi connectivity index (χ1v) is 9.80. The Morgan fingerprint density at radius 3 is 2.11 bits per heavy atom. The average Bonchev–Trinajstić information content (AvgIpc) is 2.56. The fourth-order valence-electron chi connectivity index (χ4n) is 2.63. The molecule has 1 rings (SSSR count). The molecule has 152 valence electrons. The van der Waals surface area contributed by atoms with Crippen LogP contribution in [0, 0.1) is 0 Å². The van der Waals surface area contributed by atoms with E-state index in [1.807, 2.05) is 12.1 Å². The molecule has 1 aromatic carbocycles. The van der Waals surface area contributed by atoms with Crippen molar-refractivity contribution in [1.29, 1.82) is 0 Å². The minimum absolute atomic E-state index is 0.0396. The normalized spacial score (nSPS) is 11.8. The van der Waals surface area contributed by atoms with E-state index >= 15 is 0 Å². The van der Waals surface area contributed by atoms with Crippen molar-refractivity contribution in [3.05, 3.63) is 29.3 Å². The van der Waals surface area contributed by atoms with Crippen molar-refractivity contribution in [2.24, 2.45) is 0 Å². The van der Waals surface area contributed by atoms with Crippen LogP contribution in [-0.2, 0) is 20.4 Å². The first kappa shape index (κ1) is 23.0. The predicted octanol–water partition coefficient (Wildman–Crippen LogP) is 4.39. The van der Waals surface area contributed by atoms with Crippen LogP contribution < -0.4 is 15.6 Å². The van der Waals surface area contributed by atoms with Gasteiger partial charge in [-0.15, -0.1) is 0 Å². The van der Waals surface area contributed by atoms with Gasteiger partial charge in [0.2, 0.25) is 5.91 Å². The quantitative estimate of drug-likeness (QED) is 0.548. The second-order valence-corrected chi connectivity index (χ2v) is 9.05. The van der Waals surface area contributed by atoms with Crippen molar-refractivity contribution in [3.8, 4) is 5.75 Å². The molecule has 0 saturated carbocycles. The summed E-state index contributed by atoms with van der Waals surface area (Å²) in [5.74, 6) is 0.139. The van der Waals surface area contributed by atoms with E-state index in [2.05, 4.69) is 65.4 Å². The van der Waals surface area contributed by atoms with Crippen LogP contribution in [0.5, 0.6) is 5.75 Å². The monoisotopic (exact) mass is 376 g/mol. The molecular formula is C22H36N2O3. The lowest BCUT2D eigenvalue weighted by Crippen LogP contribution is -2.43. The third-order valence-corrected chi connectivity index (χ3v) is 4.36. The van der Waals surface area contributed by atoms with Crippen molar-refractivity contribution in [2.75, 3.05) is 6.61 Å². The van der Waals surface area contributed by atoms with Crippen molar-refractivity contribution in [1.82, 2.24) is 10.9 Å². The van der Waals surface area contributed by atoms with Crippen LogP contribution in [0.3, 0.4) is 0 Å². The third kappa shape index (κ3) is 8.02. The van der Waals surface area contributed by atoms with Crippen LogP contribution in [0.2, 0.25) is 0 Å². The standard InChI is InChI=1S/C22H36N2O3/c1-8-9-10-11-19(25)23-24-20(26)15-27-18-13-12-16(21(2,3)4)14-17(18)22(5,6)7/h12-14H,8-11,15H2,1-7H3,(H,23,25)(H,24,26). The molecule has 5 heteroatoms. The van der Waals surface area contributed by atoms with Gasteiger partial charge in [-0.25, -0.2) is 0 Å². The highest BCUT2D eigenvalue weighted by atomic mass is 16.5. The molecule has 0 spiro atoms. The number of hydrogen-bond donors (Lipinski definition) is 2. The zero-order valence-corrected chi connectivity index (χ0v) is 18.0. The Hall–Kier alpha value is -2.04. The molecule has 27 heavy (non-hydrogen) atoms. The summed E-state index contributed by atoms with van der Waals surface area (Å²) in [4.78, 5) is 23.6. The molecule has 0 saturated heterocycles. The average molecular weight is 377 g/mol. The number of nitrogens with one attached hydrogen (secondary N) is 2. The Bertz CT molecular complexity index is 640. The molecule has 0 atom stereocenters. The van der Waals surface area contributed by atoms with Crippen LogP contribution in [-0.4, -0.2) is 18.4 Å². The minimum atomic E-state index is -0.376. The second kappa shape index (κ2) is 9.77. The van der Waals surface area contributed by atoms with E-state index in [0.29, 0.717) is 12.2 Å². The summed E-state index contributed by atoms with van der Waals surface area (Å²) in [6.07, 6.45) is 3.30. The topological polar surface area (TPSA) is 67.4 Å². The van der Waals surface area contributed by atoms with Gasteiger partial charge in [0.25, 0.3) is 5.91 Å². The Morgan fingerprint density at radius 1 is 0.926 bits per heavy atom. The maximum Gasteiger partial charge on any atom is 0.276 e. The second-order valence-electron chi connectivity index (χ2n) is 9.05. The molecule has 2 amide bonds. The van der Waals surface area contributed by atoms with Crippen molar-refractivity contribution in [2.45, 2.75) is 85.0 Å². The van der Waals surface area contributed by atoms with Crippen LogP contribution in [0.15, 0.2) is 18.2 Å². The fourth-order valence-corrected chi connectivity index (χ4v) is 2.63. The molecule has 0 aliphatic heterocycles. The molecule has 0 heterocycles. The van der Waals surface area contributed by atoms with Crippen LogP contribution in [0.4, 0.5) is 0 Å². The molecule has 0 fully saturated rings. The molecule has 0 aliphatic rings. The number of unbranched alkanes of at least 4 members (excludes halogenated alkanes) is 2. The summed E-state index contributed by atoms with van der Waals surface area (Å²) >= 11 is 0. The van der Waals surface area contributed by atoms with Gasteiger partial charge >= 0.3 is 0 Å². The number of carbonyl (C=O) groups is 2. The summed E-state index contributed by atoms with van der Waals surface area (Å²) in [5, 5.41) is 0. The molecule has 0 aromatic heterocycles. The van der Waals surface area contributed by atoms with E-state index in [0.717, 1.165) is 24.8 Å². The minimum Gasteiger partial charge on any atom is -0.483 e. The lowest BCUT2D eigenvalue weighted by Gasteiger charge is -2.27. The third-order valence-electron chi connectivity index (χ3n) is 4.36. The van der Waals surface area contributed by atoms with Gasteiger partial charge in [-0.2, -0.15) is 0 Å². The molecule has 0 bridgehead atoms. The molecule has 5 nitrogen and oxygen atoms in total. The number of benzene rings is 1. The number of ether oxygens (including phenoxy) is 1. The lowest BCUT2D eigenvalue weighted by atomic mass is 9.80. The Balaban J connectivity index is 2.68. The first-order valence-electron chi connectivity index (χ1n) is 9.80. The molecular weight excluding hydrogens is 340 g/mol. The predicted molar refractivity (Wildman–Crippen MR) is 110 cm³/mol. The SMILES string of the molecule is CCCCCC(=O)NNC(=O)COc1ccc(C(C)(C)C)cc1C(C)(C)C.